The van der Waals surface area contributed by atoms with Gasteiger partial charge in [-0.2, -0.15) is 0 Å². The topological polar surface area (TPSA) is 54.5 Å². The maximum Gasteiger partial charge on any atom is 0.311 e. The highest BCUT2D eigenvalue weighted by atomic mass is 32.1. The number of ether oxygens (including phenoxy) is 1. The van der Waals surface area contributed by atoms with Gasteiger partial charge < -0.3 is 15.0 Å². The molecule has 1 N–H and O–H groups in total. The van der Waals surface area contributed by atoms with Crippen LogP contribution in [0, 0.1) is 0 Å². The molecule has 0 bridgehead atoms. The highest BCUT2D eigenvalue weighted by Crippen LogP contribution is 2.17. The third-order valence-corrected chi connectivity index (χ3v) is 3.72. The zero-order chi connectivity index (χ0) is 14.3. The van der Waals surface area contributed by atoms with E-state index in [0.717, 1.165) is 30.5 Å². The molecule has 1 aromatic rings. The van der Waals surface area contributed by atoms with Gasteiger partial charge in [0, 0.05) is 18.0 Å². The Balaban J connectivity index is 2.46. The molecule has 5 nitrogen and oxygen atoms in total. The second-order valence-corrected chi connectivity index (χ2v) is 5.29. The zero-order valence-corrected chi connectivity index (χ0v) is 12.9. The van der Waals surface area contributed by atoms with E-state index in [9.17, 15) is 4.79 Å². The second-order valence-electron chi connectivity index (χ2n) is 4.43. The summed E-state index contributed by atoms with van der Waals surface area (Å²) < 4.78 is 4.62. The van der Waals surface area contributed by atoms with Crippen molar-refractivity contribution in [3.8, 4) is 0 Å². The van der Waals surface area contributed by atoms with Crippen LogP contribution in [0.25, 0.3) is 0 Å². The number of nitrogens with zero attached hydrogens (tertiary/aromatic N) is 2. The van der Waals surface area contributed by atoms with Gasteiger partial charge in [-0.15, -0.1) is 11.3 Å². The van der Waals surface area contributed by atoms with Gasteiger partial charge in [-0.05, 0) is 20.0 Å². The van der Waals surface area contributed by atoms with Crippen molar-refractivity contribution in [1.82, 2.24) is 9.88 Å². The van der Waals surface area contributed by atoms with Gasteiger partial charge in [0.25, 0.3) is 0 Å². The number of anilines is 1. The first kappa shape index (κ1) is 15.9. The van der Waals surface area contributed by atoms with E-state index in [2.05, 4.69) is 40.7 Å². The molecule has 108 valence electrons. The van der Waals surface area contributed by atoms with Crippen LogP contribution in [0.3, 0.4) is 0 Å². The van der Waals surface area contributed by atoms with Crippen LogP contribution in [-0.2, 0) is 16.0 Å². The van der Waals surface area contributed by atoms with Crippen LogP contribution in [-0.4, -0.2) is 48.6 Å². The number of carbonyl (C=O) groups is 1. The van der Waals surface area contributed by atoms with Crippen LogP contribution in [0.4, 0.5) is 5.13 Å². The first-order chi connectivity index (χ1) is 9.08. The van der Waals surface area contributed by atoms with Crippen molar-refractivity contribution in [3.63, 3.8) is 0 Å². The number of hydrogen-bond acceptors (Lipinski definition) is 6. The summed E-state index contributed by atoms with van der Waals surface area (Å²) in [6.07, 6.45) is 0.235. The molecule has 0 aliphatic heterocycles. The lowest BCUT2D eigenvalue weighted by Crippen LogP contribution is -2.34. The number of esters is 1. The van der Waals surface area contributed by atoms with Gasteiger partial charge in [0.1, 0.15) is 0 Å². The number of rotatable bonds is 8. The van der Waals surface area contributed by atoms with E-state index in [1.807, 2.05) is 5.38 Å². The molecule has 1 heterocycles. The minimum atomic E-state index is -0.256. The Morgan fingerprint density at radius 3 is 2.79 bits per heavy atom. The standard InChI is InChI=1S/C13H23N3O2S/c1-5-16(6-2)8-10(3)14-13-15-11(9-19-13)7-12(17)18-4/h9-10H,5-8H2,1-4H3,(H,14,15). The van der Waals surface area contributed by atoms with Crippen LogP contribution in [0.2, 0.25) is 0 Å². The molecule has 0 aliphatic carbocycles. The van der Waals surface area contributed by atoms with Crippen molar-refractivity contribution in [2.75, 3.05) is 32.1 Å². The average molecular weight is 285 g/mol. The molecule has 0 fully saturated rings. The highest BCUT2D eigenvalue weighted by Gasteiger charge is 2.11. The van der Waals surface area contributed by atoms with Crippen molar-refractivity contribution in [3.05, 3.63) is 11.1 Å². The minimum absolute atomic E-state index is 0.235. The van der Waals surface area contributed by atoms with Gasteiger partial charge >= 0.3 is 5.97 Å². The predicted octanol–water partition coefficient (Wildman–Crippen LogP) is 2.00. The van der Waals surface area contributed by atoms with Crippen molar-refractivity contribution < 1.29 is 9.53 Å². The summed E-state index contributed by atoms with van der Waals surface area (Å²) in [5, 5.41) is 6.12. The summed E-state index contributed by atoms with van der Waals surface area (Å²) in [4.78, 5) is 17.9. The number of nitrogens with one attached hydrogen (secondary N) is 1. The maximum absolute atomic E-state index is 11.2. The molecule has 1 rings (SSSR count). The fourth-order valence-electron chi connectivity index (χ4n) is 1.80. The molecule has 0 spiro atoms. The molecular weight excluding hydrogens is 262 g/mol. The Morgan fingerprint density at radius 1 is 1.53 bits per heavy atom. The van der Waals surface area contributed by atoms with Crippen LogP contribution in [0.15, 0.2) is 5.38 Å². The molecule has 6 heteroatoms. The largest absolute Gasteiger partial charge is 0.469 e. The van der Waals surface area contributed by atoms with Crippen molar-refractivity contribution in [2.24, 2.45) is 0 Å². The Bertz CT molecular complexity index is 391. The Labute approximate surface area is 119 Å². The van der Waals surface area contributed by atoms with E-state index in [0.29, 0.717) is 6.04 Å². The minimum Gasteiger partial charge on any atom is -0.469 e. The van der Waals surface area contributed by atoms with E-state index in [1.54, 1.807) is 0 Å². The second kappa shape index (κ2) is 8.12. The molecule has 1 atom stereocenters. The summed E-state index contributed by atoms with van der Waals surface area (Å²) in [7, 11) is 1.39. The first-order valence-corrected chi connectivity index (χ1v) is 7.47. The lowest BCUT2D eigenvalue weighted by molar-refractivity contribution is -0.139. The Hall–Kier alpha value is -1.14. The summed E-state index contributed by atoms with van der Waals surface area (Å²) in [6.45, 7) is 9.54. The van der Waals surface area contributed by atoms with Crippen LogP contribution in [0.5, 0.6) is 0 Å². The fraction of sp³-hybridized carbons (Fsp3) is 0.692. The van der Waals surface area contributed by atoms with E-state index in [-0.39, 0.29) is 12.4 Å². The molecule has 0 amide bonds. The molecule has 0 radical (unpaired) electrons. The van der Waals surface area contributed by atoms with Crippen molar-refractivity contribution >= 4 is 22.4 Å². The highest BCUT2D eigenvalue weighted by molar-refractivity contribution is 7.13. The lowest BCUT2D eigenvalue weighted by Gasteiger charge is -2.23. The molecule has 1 unspecified atom stereocenters. The number of aromatic nitrogens is 1. The summed E-state index contributed by atoms with van der Waals surface area (Å²) in [5.74, 6) is -0.256. The number of likely N-dealkylation sites (N-methyl/N-ethyl adjacent to an activating group) is 1. The van der Waals surface area contributed by atoms with E-state index < -0.39 is 0 Å². The van der Waals surface area contributed by atoms with Crippen molar-refractivity contribution in [2.45, 2.75) is 33.2 Å². The summed E-state index contributed by atoms with van der Waals surface area (Å²) >= 11 is 1.52. The number of hydrogen-bond donors (Lipinski definition) is 1. The fourth-order valence-corrected chi connectivity index (χ4v) is 2.62. The van der Waals surface area contributed by atoms with Gasteiger partial charge in [0.2, 0.25) is 0 Å². The average Bonchev–Trinajstić information content (AvgIpc) is 2.82. The smallest absolute Gasteiger partial charge is 0.311 e. The monoisotopic (exact) mass is 285 g/mol. The maximum atomic E-state index is 11.2. The first-order valence-electron chi connectivity index (χ1n) is 6.59. The third-order valence-electron chi connectivity index (χ3n) is 2.90. The molecule has 0 saturated heterocycles. The quantitative estimate of drug-likeness (QED) is 0.740. The van der Waals surface area contributed by atoms with Crippen molar-refractivity contribution in [1.29, 1.82) is 0 Å². The van der Waals surface area contributed by atoms with Crippen LogP contribution >= 0.6 is 11.3 Å². The molecule has 0 aliphatic rings. The summed E-state index contributed by atoms with van der Waals surface area (Å²) in [5.41, 5.74) is 0.759. The Kier molecular flexibility index (Phi) is 6.80. The molecular formula is C13H23N3O2S. The van der Waals surface area contributed by atoms with Gasteiger partial charge in [-0.25, -0.2) is 4.98 Å². The number of thiazole rings is 1. The van der Waals surface area contributed by atoms with Gasteiger partial charge in [0.05, 0.1) is 19.2 Å². The van der Waals surface area contributed by atoms with Crippen LogP contribution in [0.1, 0.15) is 26.5 Å². The lowest BCUT2D eigenvalue weighted by atomic mass is 10.3. The van der Waals surface area contributed by atoms with E-state index in [4.69, 9.17) is 0 Å². The molecule has 1 aromatic heterocycles. The molecule has 0 aromatic carbocycles. The van der Waals surface area contributed by atoms with Gasteiger partial charge in [-0.3, -0.25) is 4.79 Å². The van der Waals surface area contributed by atoms with Gasteiger partial charge in [-0.1, -0.05) is 13.8 Å². The summed E-state index contributed by atoms with van der Waals surface area (Å²) in [6, 6.07) is 0.331. The number of carbonyl (C=O) groups excluding carboxylic acids is 1. The van der Waals surface area contributed by atoms with Crippen LogP contribution < -0.4 is 5.32 Å². The van der Waals surface area contributed by atoms with E-state index >= 15 is 0 Å². The molecule has 0 saturated carbocycles. The van der Waals surface area contributed by atoms with Gasteiger partial charge in [0.15, 0.2) is 5.13 Å². The SMILES string of the molecule is CCN(CC)CC(C)Nc1nc(CC(=O)OC)cs1. The predicted molar refractivity (Wildman–Crippen MR) is 78.7 cm³/mol. The Morgan fingerprint density at radius 2 is 2.21 bits per heavy atom. The zero-order valence-electron chi connectivity index (χ0n) is 12.1. The molecule has 19 heavy (non-hydrogen) atoms. The third kappa shape index (κ3) is 5.57. The number of methoxy groups -OCH3 is 1. The van der Waals surface area contributed by atoms with E-state index in [1.165, 1.54) is 18.4 Å². The normalized spacial score (nSPS) is 12.5.